The van der Waals surface area contributed by atoms with E-state index in [0.29, 0.717) is 0 Å². The summed E-state index contributed by atoms with van der Waals surface area (Å²) in [6, 6.07) is -3.12. The molecule has 0 aliphatic rings. The standard InChI is InChI=1S/C17H26F2N2O7/c1-8(2)6-11(21-15(25)9(3)4-5-13(22)23)16(26)20-10(7-12(18)19)14(24)17(27)28/h8-12H,4-7H2,1-3H3,(H,20,26)(H,21,25)(H,22,23)(H,27,28). The molecule has 0 rings (SSSR count). The Kier molecular flexibility index (Phi) is 10.9. The molecule has 4 N–H and O–H groups in total. The van der Waals surface area contributed by atoms with Crippen LogP contribution in [0.1, 0.15) is 46.5 Å². The lowest BCUT2D eigenvalue weighted by Crippen LogP contribution is -2.54. The van der Waals surface area contributed by atoms with Crippen LogP contribution in [0.3, 0.4) is 0 Å². The molecule has 0 bridgehead atoms. The van der Waals surface area contributed by atoms with Crippen LogP contribution in [-0.2, 0) is 24.0 Å². The Balaban J connectivity index is 5.21. The van der Waals surface area contributed by atoms with Crippen molar-refractivity contribution in [1.29, 1.82) is 0 Å². The Morgan fingerprint density at radius 2 is 1.39 bits per heavy atom. The largest absolute Gasteiger partial charge is 0.481 e. The van der Waals surface area contributed by atoms with Crippen molar-refractivity contribution in [3.05, 3.63) is 0 Å². The van der Waals surface area contributed by atoms with Crippen LogP contribution in [0.5, 0.6) is 0 Å². The van der Waals surface area contributed by atoms with Gasteiger partial charge in [-0.2, -0.15) is 0 Å². The Hall–Kier alpha value is -2.59. The normalized spacial score (nSPS) is 14.2. The fourth-order valence-electron chi connectivity index (χ4n) is 2.32. The first-order valence-corrected chi connectivity index (χ1v) is 8.72. The highest BCUT2D eigenvalue weighted by molar-refractivity contribution is 6.35. The summed E-state index contributed by atoms with van der Waals surface area (Å²) in [6.45, 7) is 4.94. The van der Waals surface area contributed by atoms with Crippen LogP contribution < -0.4 is 10.6 Å². The minimum absolute atomic E-state index is 0.0304. The van der Waals surface area contributed by atoms with E-state index < -0.39 is 60.4 Å². The first-order valence-electron chi connectivity index (χ1n) is 8.72. The number of carboxylic acid groups (broad SMARTS) is 2. The number of carbonyl (C=O) groups is 5. The van der Waals surface area contributed by atoms with Gasteiger partial charge < -0.3 is 20.8 Å². The smallest absolute Gasteiger partial charge is 0.374 e. The highest BCUT2D eigenvalue weighted by atomic mass is 19.3. The molecule has 28 heavy (non-hydrogen) atoms. The number of hydrogen-bond acceptors (Lipinski definition) is 5. The molecule has 3 unspecified atom stereocenters. The molecule has 3 atom stereocenters. The van der Waals surface area contributed by atoms with E-state index in [0.717, 1.165) is 0 Å². The molecule has 160 valence electrons. The van der Waals surface area contributed by atoms with Crippen LogP contribution in [0.15, 0.2) is 0 Å². The van der Waals surface area contributed by atoms with Gasteiger partial charge in [-0.05, 0) is 18.8 Å². The number of carbonyl (C=O) groups excluding carboxylic acids is 3. The fraction of sp³-hybridized carbons (Fsp3) is 0.706. The van der Waals surface area contributed by atoms with Gasteiger partial charge in [0, 0.05) is 18.8 Å². The number of rotatable bonds is 13. The van der Waals surface area contributed by atoms with E-state index in [4.69, 9.17) is 10.2 Å². The average molecular weight is 408 g/mol. The van der Waals surface area contributed by atoms with E-state index in [9.17, 15) is 32.8 Å². The van der Waals surface area contributed by atoms with Crippen LogP contribution in [-0.4, -0.2) is 58.3 Å². The lowest BCUT2D eigenvalue weighted by atomic mass is 9.99. The molecule has 0 radical (unpaired) electrons. The van der Waals surface area contributed by atoms with E-state index in [-0.39, 0.29) is 25.2 Å². The third-order valence-corrected chi connectivity index (χ3v) is 3.84. The Morgan fingerprint density at radius 1 is 0.857 bits per heavy atom. The maximum atomic E-state index is 12.6. The van der Waals surface area contributed by atoms with Gasteiger partial charge in [0.05, 0.1) is 0 Å². The van der Waals surface area contributed by atoms with Gasteiger partial charge in [-0.25, -0.2) is 13.6 Å². The topological polar surface area (TPSA) is 150 Å². The van der Waals surface area contributed by atoms with Crippen molar-refractivity contribution in [2.45, 2.75) is 65.0 Å². The Labute approximate surface area is 160 Å². The molecule has 0 aliphatic carbocycles. The molecular weight excluding hydrogens is 382 g/mol. The zero-order valence-electron chi connectivity index (χ0n) is 15.9. The van der Waals surface area contributed by atoms with Crippen LogP contribution in [0, 0.1) is 11.8 Å². The third kappa shape index (κ3) is 9.93. The number of aliphatic carboxylic acids is 2. The summed E-state index contributed by atoms with van der Waals surface area (Å²) >= 11 is 0. The number of halogens is 2. The van der Waals surface area contributed by atoms with E-state index in [1.807, 2.05) is 5.32 Å². The van der Waals surface area contributed by atoms with Gasteiger partial charge in [-0.15, -0.1) is 0 Å². The van der Waals surface area contributed by atoms with Gasteiger partial charge in [0.15, 0.2) is 0 Å². The van der Waals surface area contributed by atoms with Gasteiger partial charge in [0.25, 0.3) is 5.78 Å². The minimum atomic E-state index is -3.03. The molecular formula is C17H26F2N2O7. The van der Waals surface area contributed by atoms with Crippen LogP contribution in [0.2, 0.25) is 0 Å². The van der Waals surface area contributed by atoms with Crippen molar-refractivity contribution in [3.63, 3.8) is 0 Å². The Morgan fingerprint density at radius 3 is 1.82 bits per heavy atom. The van der Waals surface area contributed by atoms with Crippen LogP contribution in [0.25, 0.3) is 0 Å². The number of nitrogens with one attached hydrogen (secondary N) is 2. The summed E-state index contributed by atoms with van der Waals surface area (Å²) in [4.78, 5) is 57.5. The summed E-state index contributed by atoms with van der Waals surface area (Å²) in [5.41, 5.74) is 0. The molecule has 0 aliphatic heterocycles. The highest BCUT2D eigenvalue weighted by Crippen LogP contribution is 2.11. The first kappa shape index (κ1) is 25.4. The van der Waals surface area contributed by atoms with Crippen molar-refractivity contribution < 1.29 is 43.0 Å². The summed E-state index contributed by atoms with van der Waals surface area (Å²) < 4.78 is 25.2. The van der Waals surface area contributed by atoms with Crippen molar-refractivity contribution in [3.8, 4) is 0 Å². The van der Waals surface area contributed by atoms with Gasteiger partial charge in [-0.1, -0.05) is 20.8 Å². The van der Waals surface area contributed by atoms with E-state index in [1.165, 1.54) is 6.92 Å². The zero-order chi connectivity index (χ0) is 22.0. The number of hydrogen-bond donors (Lipinski definition) is 4. The predicted molar refractivity (Wildman–Crippen MR) is 92.6 cm³/mol. The number of carboxylic acids is 2. The predicted octanol–water partition coefficient (Wildman–Crippen LogP) is 0.812. The van der Waals surface area contributed by atoms with E-state index >= 15 is 0 Å². The average Bonchev–Trinajstić information content (AvgIpc) is 2.56. The highest BCUT2D eigenvalue weighted by Gasteiger charge is 2.32. The second-order valence-electron chi connectivity index (χ2n) is 6.88. The van der Waals surface area contributed by atoms with Gasteiger partial charge in [0.1, 0.15) is 12.1 Å². The maximum Gasteiger partial charge on any atom is 0.374 e. The van der Waals surface area contributed by atoms with E-state index in [2.05, 4.69) is 5.32 Å². The quantitative estimate of drug-likeness (QED) is 0.329. The molecule has 0 fully saturated rings. The molecule has 9 nitrogen and oxygen atoms in total. The van der Waals surface area contributed by atoms with Gasteiger partial charge >= 0.3 is 11.9 Å². The van der Waals surface area contributed by atoms with Crippen molar-refractivity contribution >= 4 is 29.5 Å². The Bertz CT molecular complexity index is 596. The number of Topliss-reactive ketones (excluding diaryl/α,β-unsaturated/α-hetero) is 1. The lowest BCUT2D eigenvalue weighted by Gasteiger charge is -2.24. The third-order valence-electron chi connectivity index (χ3n) is 3.84. The number of ketones is 1. The fourth-order valence-corrected chi connectivity index (χ4v) is 2.32. The SMILES string of the molecule is CC(C)CC(NC(=O)C(C)CCC(=O)O)C(=O)NC(CC(F)F)C(=O)C(=O)O. The summed E-state index contributed by atoms with van der Waals surface area (Å²) in [6.07, 6.45) is -4.31. The van der Waals surface area contributed by atoms with Gasteiger partial charge in [0.2, 0.25) is 18.2 Å². The molecule has 0 saturated carbocycles. The van der Waals surface area contributed by atoms with Crippen molar-refractivity contribution in [2.24, 2.45) is 11.8 Å². The van der Waals surface area contributed by atoms with Gasteiger partial charge in [-0.3, -0.25) is 19.2 Å². The molecule has 0 aromatic carbocycles. The summed E-state index contributed by atoms with van der Waals surface area (Å²) in [7, 11) is 0. The number of alkyl halides is 2. The number of amides is 2. The molecule has 0 aromatic heterocycles. The monoisotopic (exact) mass is 408 g/mol. The molecule has 0 heterocycles. The molecule has 2 amide bonds. The first-order chi connectivity index (χ1) is 12.8. The molecule has 0 saturated heterocycles. The maximum absolute atomic E-state index is 12.6. The lowest BCUT2D eigenvalue weighted by molar-refractivity contribution is -0.151. The van der Waals surface area contributed by atoms with Crippen LogP contribution in [0.4, 0.5) is 8.78 Å². The molecule has 0 aromatic rings. The van der Waals surface area contributed by atoms with Crippen LogP contribution >= 0.6 is 0 Å². The van der Waals surface area contributed by atoms with E-state index in [1.54, 1.807) is 13.8 Å². The second kappa shape index (κ2) is 12.0. The summed E-state index contributed by atoms with van der Waals surface area (Å²) in [5, 5.41) is 21.8. The molecule has 11 heteroatoms. The summed E-state index contributed by atoms with van der Waals surface area (Å²) in [5.74, 6) is -7.04. The zero-order valence-corrected chi connectivity index (χ0v) is 15.9. The van der Waals surface area contributed by atoms with Crippen molar-refractivity contribution in [2.75, 3.05) is 0 Å². The molecule has 0 spiro atoms. The minimum Gasteiger partial charge on any atom is -0.481 e. The van der Waals surface area contributed by atoms with Crippen molar-refractivity contribution in [1.82, 2.24) is 10.6 Å². The second-order valence-corrected chi connectivity index (χ2v) is 6.88.